The molecule has 0 fully saturated rings. The normalized spacial score (nSPS) is 12.3. The van der Waals surface area contributed by atoms with Gasteiger partial charge < -0.3 is 10.2 Å². The quantitative estimate of drug-likeness (QED) is 0.281. The maximum absolute atomic E-state index is 14.9. The summed E-state index contributed by atoms with van der Waals surface area (Å²) < 4.78 is 43.3. The minimum absolute atomic E-state index is 0.124. The van der Waals surface area contributed by atoms with Crippen molar-refractivity contribution in [3.8, 4) is 0 Å². The molecule has 0 bridgehead atoms. The molecule has 0 unspecified atom stereocenters. The Balaban J connectivity index is 2.14. The molecule has 0 spiro atoms. The molecule has 8 nitrogen and oxygen atoms in total. The first-order valence-corrected chi connectivity index (χ1v) is 15.5. The average molecular weight is 638 g/mol. The molecule has 0 aliphatic rings. The van der Waals surface area contributed by atoms with E-state index in [0.717, 1.165) is 15.9 Å². The molecule has 3 aromatic carbocycles. The number of halogens is 3. The Bertz CT molecular complexity index is 1470. The van der Waals surface area contributed by atoms with Crippen molar-refractivity contribution >= 4 is 50.9 Å². The van der Waals surface area contributed by atoms with Crippen LogP contribution in [0.4, 0.5) is 10.1 Å². The fourth-order valence-electron chi connectivity index (χ4n) is 4.19. The van der Waals surface area contributed by atoms with Gasteiger partial charge in [0.2, 0.25) is 11.8 Å². The highest BCUT2D eigenvalue weighted by molar-refractivity contribution is 7.90. The topological polar surface area (TPSA) is 90.0 Å². The number of carbonyl (C=O) groups excluding carboxylic acids is 2. The van der Waals surface area contributed by atoms with E-state index >= 15 is 0 Å². The maximum Gasteiger partial charge on any atom is 0.304 e. The highest BCUT2D eigenvalue weighted by Crippen LogP contribution is 2.28. The van der Waals surface area contributed by atoms with E-state index in [4.69, 9.17) is 23.2 Å². The summed E-state index contributed by atoms with van der Waals surface area (Å²) in [5, 5.41) is 3.44. The molecule has 2 amide bonds. The highest BCUT2D eigenvalue weighted by atomic mass is 35.5. The van der Waals surface area contributed by atoms with Crippen LogP contribution in [0.5, 0.6) is 0 Å². The van der Waals surface area contributed by atoms with Crippen LogP contribution >= 0.6 is 23.2 Å². The van der Waals surface area contributed by atoms with Crippen LogP contribution in [0.3, 0.4) is 0 Å². The number of hydrogen-bond acceptors (Lipinski definition) is 4. The minimum atomic E-state index is -4.33. The molecule has 0 heterocycles. The van der Waals surface area contributed by atoms with Gasteiger partial charge in [0.1, 0.15) is 18.4 Å². The second-order valence-electron chi connectivity index (χ2n) is 10.3. The Morgan fingerprint density at radius 3 is 2.07 bits per heavy atom. The monoisotopic (exact) mass is 636 g/mol. The van der Waals surface area contributed by atoms with Crippen molar-refractivity contribution in [3.63, 3.8) is 0 Å². The summed E-state index contributed by atoms with van der Waals surface area (Å²) in [5.74, 6) is -1.88. The van der Waals surface area contributed by atoms with E-state index in [0.29, 0.717) is 16.4 Å². The molecule has 0 aromatic heterocycles. The zero-order chi connectivity index (χ0) is 31.0. The number of benzene rings is 3. The van der Waals surface area contributed by atoms with Crippen molar-refractivity contribution in [2.45, 2.75) is 32.9 Å². The van der Waals surface area contributed by atoms with Crippen LogP contribution in [0.15, 0.2) is 72.8 Å². The van der Waals surface area contributed by atoms with E-state index in [-0.39, 0.29) is 34.6 Å². The number of carbonyl (C=O) groups is 2. The van der Waals surface area contributed by atoms with Gasteiger partial charge >= 0.3 is 10.2 Å². The lowest BCUT2D eigenvalue weighted by molar-refractivity contribution is -0.140. The number of para-hydroxylation sites is 1. The van der Waals surface area contributed by atoms with E-state index in [1.807, 2.05) is 44.2 Å². The van der Waals surface area contributed by atoms with E-state index in [2.05, 4.69) is 5.32 Å². The first-order chi connectivity index (χ1) is 19.8. The lowest BCUT2D eigenvalue weighted by Gasteiger charge is -2.34. The Hall–Kier alpha value is -3.18. The van der Waals surface area contributed by atoms with Crippen molar-refractivity contribution in [2.75, 3.05) is 31.5 Å². The van der Waals surface area contributed by atoms with Crippen LogP contribution < -0.4 is 9.62 Å². The highest BCUT2D eigenvalue weighted by Gasteiger charge is 2.36. The van der Waals surface area contributed by atoms with Gasteiger partial charge in [-0.25, -0.2) is 8.70 Å². The average Bonchev–Trinajstić information content (AvgIpc) is 2.94. The summed E-state index contributed by atoms with van der Waals surface area (Å²) in [4.78, 5) is 29.2. The van der Waals surface area contributed by atoms with Gasteiger partial charge in [-0.15, -0.1) is 0 Å². The first-order valence-electron chi connectivity index (χ1n) is 13.3. The van der Waals surface area contributed by atoms with Gasteiger partial charge in [-0.3, -0.25) is 9.59 Å². The first kappa shape index (κ1) is 33.3. The van der Waals surface area contributed by atoms with Crippen LogP contribution in [-0.2, 0) is 32.8 Å². The summed E-state index contributed by atoms with van der Waals surface area (Å²) in [5.41, 5.74) is 0.855. The van der Waals surface area contributed by atoms with E-state index < -0.39 is 40.4 Å². The number of amides is 2. The van der Waals surface area contributed by atoms with Crippen LogP contribution in [0, 0.1) is 11.7 Å². The van der Waals surface area contributed by atoms with Gasteiger partial charge in [0.05, 0.1) is 5.69 Å². The minimum Gasteiger partial charge on any atom is -0.354 e. The van der Waals surface area contributed by atoms with E-state index in [1.165, 1.54) is 37.2 Å². The number of rotatable bonds is 13. The molecule has 0 aliphatic carbocycles. The second-order valence-corrected chi connectivity index (χ2v) is 13.2. The van der Waals surface area contributed by atoms with Crippen molar-refractivity contribution in [3.05, 3.63) is 99.8 Å². The summed E-state index contributed by atoms with van der Waals surface area (Å²) in [7, 11) is -1.76. The molecule has 0 aliphatic heterocycles. The number of hydrogen-bond donors (Lipinski definition) is 1. The Kier molecular flexibility index (Phi) is 11.8. The largest absolute Gasteiger partial charge is 0.354 e. The molecule has 12 heteroatoms. The van der Waals surface area contributed by atoms with Gasteiger partial charge in [0.25, 0.3) is 0 Å². The molecular formula is C30H35Cl2FN4O4S. The third-order valence-corrected chi connectivity index (χ3v) is 9.00. The van der Waals surface area contributed by atoms with Crippen molar-refractivity contribution in [1.29, 1.82) is 0 Å². The molecule has 0 saturated carbocycles. The van der Waals surface area contributed by atoms with E-state index in [9.17, 15) is 22.4 Å². The summed E-state index contributed by atoms with van der Waals surface area (Å²) in [6, 6.07) is 18.2. The molecule has 3 aromatic rings. The molecule has 0 saturated heterocycles. The molecule has 226 valence electrons. The third-order valence-electron chi connectivity index (χ3n) is 6.49. The van der Waals surface area contributed by atoms with Crippen LogP contribution in [-0.4, -0.2) is 62.7 Å². The molecule has 3 rings (SSSR count). The molecule has 0 radical (unpaired) electrons. The number of anilines is 1. The standard InChI is InChI=1S/C30H35Cl2FN4O4S/c1-21(2)18-34-30(39)28(17-22-11-6-5-7-12-22)36(19-23-24(31)13-10-14-25(23)32)29(38)20-37(42(40,41)35(3)4)27-16-9-8-15-26(27)33/h5-16,21,28H,17-20H2,1-4H3,(H,34,39)/t28-/m1/s1. The smallest absolute Gasteiger partial charge is 0.304 e. The molecule has 42 heavy (non-hydrogen) atoms. The Morgan fingerprint density at radius 1 is 0.905 bits per heavy atom. The van der Waals surface area contributed by atoms with Crippen molar-refractivity contribution < 1.29 is 22.4 Å². The van der Waals surface area contributed by atoms with Crippen LogP contribution in [0.1, 0.15) is 25.0 Å². The third kappa shape index (κ3) is 8.44. The van der Waals surface area contributed by atoms with Crippen LogP contribution in [0.2, 0.25) is 10.0 Å². The molecular weight excluding hydrogens is 602 g/mol. The van der Waals surface area contributed by atoms with Crippen molar-refractivity contribution in [2.24, 2.45) is 5.92 Å². The van der Waals surface area contributed by atoms with Crippen molar-refractivity contribution in [1.82, 2.24) is 14.5 Å². The number of nitrogens with one attached hydrogen (secondary N) is 1. The second kappa shape index (κ2) is 14.8. The fourth-order valence-corrected chi connectivity index (χ4v) is 5.77. The van der Waals surface area contributed by atoms with Gasteiger partial charge in [-0.2, -0.15) is 12.7 Å². The summed E-state index contributed by atoms with van der Waals surface area (Å²) >= 11 is 13.0. The van der Waals surface area contributed by atoms with Gasteiger partial charge in [0.15, 0.2) is 0 Å². The zero-order valence-corrected chi connectivity index (χ0v) is 26.3. The van der Waals surface area contributed by atoms with Gasteiger partial charge in [-0.05, 0) is 35.7 Å². The SMILES string of the molecule is CC(C)CNC(=O)[C@@H](Cc1ccccc1)N(Cc1c(Cl)cccc1Cl)C(=O)CN(c1ccccc1F)S(=O)(=O)N(C)C. The molecule has 1 atom stereocenters. The lowest BCUT2D eigenvalue weighted by Crippen LogP contribution is -2.54. The Labute approximate surface area is 257 Å². The predicted molar refractivity (Wildman–Crippen MR) is 165 cm³/mol. The maximum atomic E-state index is 14.9. The molecule has 1 N–H and O–H groups in total. The lowest BCUT2D eigenvalue weighted by atomic mass is 10.0. The number of nitrogens with zero attached hydrogens (tertiary/aromatic N) is 3. The predicted octanol–water partition coefficient (Wildman–Crippen LogP) is 5.16. The Morgan fingerprint density at radius 2 is 1.50 bits per heavy atom. The zero-order valence-electron chi connectivity index (χ0n) is 23.9. The fraction of sp³-hybridized carbons (Fsp3) is 0.333. The summed E-state index contributed by atoms with van der Waals surface area (Å²) in [6.45, 7) is 3.26. The van der Waals surface area contributed by atoms with Crippen LogP contribution in [0.25, 0.3) is 0 Å². The van der Waals surface area contributed by atoms with Gasteiger partial charge in [0, 0.05) is 49.2 Å². The van der Waals surface area contributed by atoms with Gasteiger partial charge in [-0.1, -0.05) is 85.6 Å². The van der Waals surface area contributed by atoms with E-state index in [1.54, 1.807) is 18.2 Å². The summed E-state index contributed by atoms with van der Waals surface area (Å²) in [6.07, 6.45) is 0.124.